The van der Waals surface area contributed by atoms with E-state index in [0.29, 0.717) is 12.1 Å². The highest BCUT2D eigenvalue weighted by Crippen LogP contribution is 2.64. The molecule has 1 amide bonds. The van der Waals surface area contributed by atoms with Crippen molar-refractivity contribution >= 4 is 46.4 Å². The summed E-state index contributed by atoms with van der Waals surface area (Å²) in [5.41, 5.74) is -0.393. The number of alkyl halides is 2. The van der Waals surface area contributed by atoms with Crippen molar-refractivity contribution in [3.63, 3.8) is 0 Å². The first-order chi connectivity index (χ1) is 7.76. The standard InChI is InChI=1S/C11H9Cl3FNO/c1-10(5-11(10,13)14)9(17)16-6-2-3-8(15)7(12)4-6/h2-4H,5H2,1H3,(H,16,17)/t10-/m0/s1. The quantitative estimate of drug-likeness (QED) is 0.821. The number of anilines is 1. The van der Waals surface area contributed by atoms with Crippen LogP contribution in [0.15, 0.2) is 18.2 Å². The molecule has 0 saturated heterocycles. The second kappa shape index (κ2) is 4.01. The van der Waals surface area contributed by atoms with E-state index in [4.69, 9.17) is 34.8 Å². The molecule has 0 aromatic heterocycles. The molecule has 1 aliphatic rings. The summed E-state index contributed by atoms with van der Waals surface area (Å²) in [5, 5.41) is 2.56. The molecular formula is C11H9Cl3FNO. The maximum atomic E-state index is 12.9. The Morgan fingerprint density at radius 1 is 1.47 bits per heavy atom. The lowest BCUT2D eigenvalue weighted by atomic mass is 10.1. The van der Waals surface area contributed by atoms with Gasteiger partial charge in [0, 0.05) is 5.69 Å². The number of hydrogen-bond donors (Lipinski definition) is 1. The van der Waals surface area contributed by atoms with Crippen LogP contribution >= 0.6 is 34.8 Å². The zero-order valence-electron chi connectivity index (χ0n) is 8.86. The van der Waals surface area contributed by atoms with E-state index in [2.05, 4.69) is 5.32 Å². The van der Waals surface area contributed by atoms with Gasteiger partial charge in [-0.15, -0.1) is 23.2 Å². The Labute approximate surface area is 113 Å². The normalized spacial score (nSPS) is 25.5. The number of nitrogens with one attached hydrogen (secondary N) is 1. The van der Waals surface area contributed by atoms with Crippen molar-refractivity contribution in [3.8, 4) is 0 Å². The van der Waals surface area contributed by atoms with Gasteiger partial charge in [-0.05, 0) is 31.5 Å². The van der Waals surface area contributed by atoms with Gasteiger partial charge in [0.2, 0.25) is 5.91 Å². The van der Waals surface area contributed by atoms with Gasteiger partial charge >= 0.3 is 0 Å². The van der Waals surface area contributed by atoms with E-state index in [1.54, 1.807) is 6.92 Å². The van der Waals surface area contributed by atoms with Crippen molar-refractivity contribution in [3.05, 3.63) is 29.0 Å². The summed E-state index contributed by atoms with van der Waals surface area (Å²) in [5.74, 6) is -0.837. The number of hydrogen-bond acceptors (Lipinski definition) is 1. The minimum Gasteiger partial charge on any atom is -0.325 e. The van der Waals surface area contributed by atoms with Gasteiger partial charge in [-0.1, -0.05) is 11.6 Å². The van der Waals surface area contributed by atoms with E-state index in [0.717, 1.165) is 0 Å². The van der Waals surface area contributed by atoms with Gasteiger partial charge in [-0.2, -0.15) is 0 Å². The highest BCUT2D eigenvalue weighted by molar-refractivity contribution is 6.53. The molecule has 2 rings (SSSR count). The zero-order chi connectivity index (χ0) is 12.8. The Balaban J connectivity index is 2.12. The molecule has 92 valence electrons. The SMILES string of the molecule is C[C@@]1(C(=O)Nc2ccc(F)c(Cl)c2)CC1(Cl)Cl. The molecule has 1 aromatic carbocycles. The average Bonchev–Trinajstić information content (AvgIpc) is 2.74. The average molecular weight is 297 g/mol. The molecule has 6 heteroatoms. The first-order valence-electron chi connectivity index (χ1n) is 4.91. The second-order valence-electron chi connectivity index (χ2n) is 4.30. The number of carbonyl (C=O) groups excluding carboxylic acids is 1. The molecule has 0 bridgehead atoms. The molecule has 17 heavy (non-hydrogen) atoms. The van der Waals surface area contributed by atoms with Crippen molar-refractivity contribution in [1.29, 1.82) is 0 Å². The fraction of sp³-hybridized carbons (Fsp3) is 0.364. The van der Waals surface area contributed by atoms with Gasteiger partial charge in [0.15, 0.2) is 0 Å². The van der Waals surface area contributed by atoms with Gasteiger partial charge in [0.25, 0.3) is 0 Å². The minimum absolute atomic E-state index is 0.0493. The third kappa shape index (κ3) is 2.24. The van der Waals surface area contributed by atoms with Crippen LogP contribution in [-0.4, -0.2) is 10.2 Å². The summed E-state index contributed by atoms with van der Waals surface area (Å²) in [6, 6.07) is 3.95. The van der Waals surface area contributed by atoms with Gasteiger partial charge in [0.05, 0.1) is 10.4 Å². The topological polar surface area (TPSA) is 29.1 Å². The van der Waals surface area contributed by atoms with E-state index in [9.17, 15) is 9.18 Å². The molecule has 1 aliphatic carbocycles. The van der Waals surface area contributed by atoms with E-state index >= 15 is 0 Å². The molecular weight excluding hydrogens is 287 g/mol. The van der Waals surface area contributed by atoms with Crippen LogP contribution in [0, 0.1) is 11.2 Å². The third-order valence-electron chi connectivity index (χ3n) is 2.94. The maximum absolute atomic E-state index is 12.9. The van der Waals surface area contributed by atoms with E-state index < -0.39 is 15.6 Å². The molecule has 0 aliphatic heterocycles. The van der Waals surface area contributed by atoms with Crippen LogP contribution in [0.1, 0.15) is 13.3 Å². The minimum atomic E-state index is -1.03. The van der Waals surface area contributed by atoms with Gasteiger partial charge in [-0.3, -0.25) is 4.79 Å². The second-order valence-corrected chi connectivity index (χ2v) is 6.19. The highest BCUT2D eigenvalue weighted by atomic mass is 35.5. The van der Waals surface area contributed by atoms with Crippen LogP contribution in [0.25, 0.3) is 0 Å². The Morgan fingerprint density at radius 2 is 2.06 bits per heavy atom. The lowest BCUT2D eigenvalue weighted by Crippen LogP contribution is -2.25. The molecule has 0 unspecified atom stereocenters. The molecule has 1 aromatic rings. The van der Waals surface area contributed by atoms with Crippen molar-refractivity contribution in [2.45, 2.75) is 17.7 Å². The van der Waals surface area contributed by atoms with Crippen molar-refractivity contribution in [1.82, 2.24) is 0 Å². The summed E-state index contributed by atoms with van der Waals surface area (Å²) >= 11 is 17.4. The predicted octanol–water partition coefficient (Wildman–Crippen LogP) is 4.00. The number of halogens is 4. The summed E-state index contributed by atoms with van der Waals surface area (Å²) in [6.45, 7) is 1.67. The monoisotopic (exact) mass is 295 g/mol. The predicted molar refractivity (Wildman–Crippen MR) is 67.2 cm³/mol. The van der Waals surface area contributed by atoms with Crippen LogP contribution in [0.2, 0.25) is 5.02 Å². The summed E-state index contributed by atoms with van der Waals surface area (Å²) in [6.07, 6.45) is 0.393. The zero-order valence-corrected chi connectivity index (χ0v) is 11.1. The molecule has 1 N–H and O–H groups in total. The van der Waals surface area contributed by atoms with Gasteiger partial charge in [-0.25, -0.2) is 4.39 Å². The third-order valence-corrected chi connectivity index (χ3v) is 4.33. The van der Waals surface area contributed by atoms with Crippen molar-refractivity contribution in [2.75, 3.05) is 5.32 Å². The number of carbonyl (C=O) groups is 1. The van der Waals surface area contributed by atoms with E-state index in [-0.39, 0.29) is 10.9 Å². The van der Waals surface area contributed by atoms with Crippen LogP contribution in [-0.2, 0) is 4.79 Å². The smallest absolute Gasteiger partial charge is 0.233 e. The molecule has 0 heterocycles. The van der Waals surface area contributed by atoms with Crippen molar-refractivity contribution in [2.24, 2.45) is 5.41 Å². The first-order valence-corrected chi connectivity index (χ1v) is 6.04. The lowest BCUT2D eigenvalue weighted by Gasteiger charge is -2.12. The Hall–Kier alpha value is -0.510. The van der Waals surface area contributed by atoms with E-state index in [1.807, 2.05) is 0 Å². The Kier molecular flexibility index (Phi) is 3.05. The van der Waals surface area contributed by atoms with Gasteiger partial charge < -0.3 is 5.32 Å². The molecule has 1 atom stereocenters. The Bertz CT molecular complexity index is 492. The largest absolute Gasteiger partial charge is 0.325 e. The summed E-state index contributed by atoms with van der Waals surface area (Å²) in [4.78, 5) is 11.9. The summed E-state index contributed by atoms with van der Waals surface area (Å²) in [7, 11) is 0. The first kappa shape index (κ1) is 12.9. The number of benzene rings is 1. The van der Waals surface area contributed by atoms with Crippen molar-refractivity contribution < 1.29 is 9.18 Å². The lowest BCUT2D eigenvalue weighted by molar-refractivity contribution is -0.120. The van der Waals surface area contributed by atoms with Crippen LogP contribution in [0.3, 0.4) is 0 Å². The number of amides is 1. The maximum Gasteiger partial charge on any atom is 0.233 e. The molecule has 0 radical (unpaired) electrons. The molecule has 1 fully saturated rings. The molecule has 1 saturated carbocycles. The van der Waals surface area contributed by atoms with Crippen LogP contribution in [0.5, 0.6) is 0 Å². The van der Waals surface area contributed by atoms with Crippen LogP contribution in [0.4, 0.5) is 10.1 Å². The fourth-order valence-corrected chi connectivity index (χ4v) is 2.38. The summed E-state index contributed by atoms with van der Waals surface area (Å²) < 4.78 is 11.9. The highest BCUT2D eigenvalue weighted by Gasteiger charge is 2.67. The molecule has 0 spiro atoms. The van der Waals surface area contributed by atoms with Gasteiger partial charge in [0.1, 0.15) is 10.2 Å². The number of rotatable bonds is 2. The van der Waals surface area contributed by atoms with Crippen LogP contribution < -0.4 is 5.32 Å². The Morgan fingerprint density at radius 3 is 2.53 bits per heavy atom. The fourth-order valence-electron chi connectivity index (χ4n) is 1.49. The van der Waals surface area contributed by atoms with E-state index in [1.165, 1.54) is 18.2 Å². The molecule has 2 nitrogen and oxygen atoms in total.